The molecule has 0 saturated heterocycles. The number of hydrogen-bond acceptors (Lipinski definition) is 5. The number of halogens is 4. The molecule has 0 unspecified atom stereocenters. The topological polar surface area (TPSA) is 98.1 Å². The van der Waals surface area contributed by atoms with Gasteiger partial charge in [-0.2, -0.15) is 18.3 Å². The number of aromatic nitrogens is 3. The van der Waals surface area contributed by atoms with Gasteiger partial charge in [-0.25, -0.2) is 4.39 Å². The normalized spacial score (nSPS) is 13.9. The molecule has 2 N–H and O–H groups in total. The van der Waals surface area contributed by atoms with E-state index >= 15 is 0 Å². The molecule has 0 spiro atoms. The predicted molar refractivity (Wildman–Crippen MR) is 151 cm³/mol. The number of carbonyl (C=O) groups is 2. The van der Waals surface area contributed by atoms with E-state index in [1.165, 1.54) is 36.7 Å². The van der Waals surface area contributed by atoms with Crippen molar-refractivity contribution in [1.29, 1.82) is 0 Å². The molecule has 0 bridgehead atoms. The van der Waals surface area contributed by atoms with Crippen molar-refractivity contribution in [3.8, 4) is 22.6 Å². The molecule has 12 heteroatoms. The molecule has 43 heavy (non-hydrogen) atoms. The maximum atomic E-state index is 13.2. The van der Waals surface area contributed by atoms with Crippen LogP contribution in [-0.2, 0) is 16.1 Å². The van der Waals surface area contributed by atoms with Crippen molar-refractivity contribution >= 4 is 34.1 Å². The quantitative estimate of drug-likeness (QED) is 0.151. The van der Waals surface area contributed by atoms with Gasteiger partial charge in [0.15, 0.2) is 0 Å². The molecule has 5 aromatic rings. The predicted octanol–water partition coefficient (Wildman–Crippen LogP) is 6.95. The molecule has 0 atom stereocenters. The molecule has 1 saturated carbocycles. The van der Waals surface area contributed by atoms with E-state index in [1.807, 2.05) is 0 Å². The highest BCUT2D eigenvalue weighted by Crippen LogP contribution is 2.47. The van der Waals surface area contributed by atoms with E-state index < -0.39 is 35.8 Å². The van der Waals surface area contributed by atoms with Crippen LogP contribution >= 0.6 is 0 Å². The molecule has 2 amide bonds. The number of amides is 2. The first-order valence-electron chi connectivity index (χ1n) is 13.2. The van der Waals surface area contributed by atoms with Crippen LogP contribution < -0.4 is 15.4 Å². The van der Waals surface area contributed by atoms with E-state index in [-0.39, 0.29) is 0 Å². The van der Waals surface area contributed by atoms with Gasteiger partial charge in [-0.05, 0) is 85.1 Å². The number of nitrogens with one attached hydrogen (secondary N) is 2. The maximum Gasteiger partial charge on any atom is 0.408 e. The second kappa shape index (κ2) is 10.9. The van der Waals surface area contributed by atoms with E-state index in [0.29, 0.717) is 57.7 Å². The van der Waals surface area contributed by atoms with Gasteiger partial charge in [0.05, 0.1) is 11.7 Å². The Bertz CT molecular complexity index is 1810. The van der Waals surface area contributed by atoms with Crippen LogP contribution in [-0.4, -0.2) is 32.8 Å². The Labute approximate surface area is 242 Å². The number of carbonyl (C=O) groups excluding carboxylic acids is 2. The number of fused-ring (bicyclic) bond motifs is 1. The number of ether oxygens (including phenoxy) is 1. The van der Waals surface area contributed by atoms with Gasteiger partial charge in [0.25, 0.3) is 0 Å². The Hall–Kier alpha value is -5.26. The van der Waals surface area contributed by atoms with Crippen molar-refractivity contribution in [3.63, 3.8) is 0 Å². The SMILES string of the molecule is O=C(Nc1ccc(F)cc1)C1(C(=O)Nc2ccc(Oc3ccnc4cc(-c5cnn(CC(F)(F)F)c5)ccc34)cc2)CC1. The Morgan fingerprint density at radius 1 is 0.884 bits per heavy atom. The zero-order valence-electron chi connectivity index (χ0n) is 22.4. The molecule has 218 valence electrons. The summed E-state index contributed by atoms with van der Waals surface area (Å²) in [4.78, 5) is 30.1. The molecular formula is C31H23F4N5O3. The lowest BCUT2D eigenvalue weighted by atomic mass is 10.0. The summed E-state index contributed by atoms with van der Waals surface area (Å²) in [6.45, 7) is -1.17. The van der Waals surface area contributed by atoms with Gasteiger partial charge < -0.3 is 15.4 Å². The van der Waals surface area contributed by atoms with Crippen LogP contribution in [0.1, 0.15) is 12.8 Å². The average Bonchev–Trinajstić information content (AvgIpc) is 3.68. The van der Waals surface area contributed by atoms with Crippen LogP contribution in [0.3, 0.4) is 0 Å². The standard InChI is InChI=1S/C31H23F4N5O3/c32-21-2-4-22(5-3-21)38-28(41)30(12-13-30)29(42)39-23-6-8-24(9-7-23)43-27-11-14-36-26-15-19(1-10-25(26)27)20-16-37-40(17-20)18-31(33,34)35/h1-11,14-17H,12-13,18H2,(H,38,41)(H,39,42). The molecule has 0 radical (unpaired) electrons. The van der Waals surface area contributed by atoms with Crippen molar-refractivity contribution in [3.05, 3.63) is 97.2 Å². The lowest BCUT2D eigenvalue weighted by Crippen LogP contribution is -2.35. The fourth-order valence-electron chi connectivity index (χ4n) is 4.62. The van der Waals surface area contributed by atoms with Crippen molar-refractivity contribution in [2.24, 2.45) is 5.41 Å². The second-order valence-corrected chi connectivity index (χ2v) is 10.2. The van der Waals surface area contributed by atoms with Crippen LogP contribution in [0.2, 0.25) is 0 Å². The number of rotatable bonds is 8. The highest BCUT2D eigenvalue weighted by atomic mass is 19.4. The molecule has 1 aliphatic rings. The number of hydrogen-bond donors (Lipinski definition) is 2. The largest absolute Gasteiger partial charge is 0.457 e. The number of benzene rings is 3. The minimum Gasteiger partial charge on any atom is -0.457 e. The van der Waals surface area contributed by atoms with Gasteiger partial charge in [-0.3, -0.25) is 19.3 Å². The number of pyridine rings is 1. The van der Waals surface area contributed by atoms with Crippen molar-refractivity contribution in [2.75, 3.05) is 10.6 Å². The molecule has 6 rings (SSSR count). The minimum atomic E-state index is -4.37. The summed E-state index contributed by atoms with van der Waals surface area (Å²) in [7, 11) is 0. The van der Waals surface area contributed by atoms with Crippen LogP contribution in [0, 0.1) is 11.2 Å². The van der Waals surface area contributed by atoms with E-state index in [2.05, 4.69) is 20.7 Å². The smallest absolute Gasteiger partial charge is 0.408 e. The fraction of sp³-hybridized carbons (Fsp3) is 0.161. The Morgan fingerprint density at radius 2 is 1.53 bits per heavy atom. The van der Waals surface area contributed by atoms with Gasteiger partial charge in [0.2, 0.25) is 11.8 Å². The van der Waals surface area contributed by atoms with E-state index in [9.17, 15) is 27.2 Å². The number of alkyl halides is 3. The first kappa shape index (κ1) is 27.9. The third-order valence-electron chi connectivity index (χ3n) is 7.07. The van der Waals surface area contributed by atoms with Gasteiger partial charge in [0.1, 0.15) is 29.3 Å². The van der Waals surface area contributed by atoms with Crippen LogP contribution in [0.4, 0.5) is 28.9 Å². The van der Waals surface area contributed by atoms with Gasteiger partial charge in [0, 0.05) is 34.7 Å². The average molecular weight is 590 g/mol. The van der Waals surface area contributed by atoms with Crippen molar-refractivity contribution in [1.82, 2.24) is 14.8 Å². The first-order valence-corrected chi connectivity index (χ1v) is 13.2. The lowest BCUT2D eigenvalue weighted by molar-refractivity contribution is -0.142. The summed E-state index contributed by atoms with van der Waals surface area (Å²) in [6.07, 6.45) is 0.705. The summed E-state index contributed by atoms with van der Waals surface area (Å²) in [5.41, 5.74) is 1.46. The zero-order valence-corrected chi connectivity index (χ0v) is 22.4. The molecule has 3 aromatic carbocycles. The summed E-state index contributed by atoms with van der Waals surface area (Å²) in [5, 5.41) is 9.94. The van der Waals surface area contributed by atoms with Crippen LogP contribution in [0.25, 0.3) is 22.0 Å². The van der Waals surface area contributed by atoms with E-state index in [4.69, 9.17) is 4.74 Å². The summed E-state index contributed by atoms with van der Waals surface area (Å²) in [5.74, 6) is -0.306. The molecule has 0 aliphatic heterocycles. The Kier molecular flexibility index (Phi) is 7.04. The van der Waals surface area contributed by atoms with Crippen LogP contribution in [0.15, 0.2) is 91.4 Å². The monoisotopic (exact) mass is 589 g/mol. The summed E-state index contributed by atoms with van der Waals surface area (Å²) in [6, 6.07) is 18.9. The Balaban J connectivity index is 1.11. The minimum absolute atomic E-state index is 0.403. The fourth-order valence-corrected chi connectivity index (χ4v) is 4.62. The zero-order chi connectivity index (χ0) is 30.2. The maximum absolute atomic E-state index is 13.2. The van der Waals surface area contributed by atoms with Crippen molar-refractivity contribution < 1.29 is 31.9 Å². The third kappa shape index (κ3) is 6.17. The van der Waals surface area contributed by atoms with Gasteiger partial charge in [-0.1, -0.05) is 6.07 Å². The van der Waals surface area contributed by atoms with E-state index in [0.717, 1.165) is 4.68 Å². The highest BCUT2D eigenvalue weighted by molar-refractivity contribution is 6.16. The molecule has 2 aromatic heterocycles. The number of nitrogens with zero attached hydrogens (tertiary/aromatic N) is 3. The molecule has 2 heterocycles. The van der Waals surface area contributed by atoms with Gasteiger partial charge in [-0.15, -0.1) is 0 Å². The first-order chi connectivity index (χ1) is 20.6. The second-order valence-electron chi connectivity index (χ2n) is 10.2. The van der Waals surface area contributed by atoms with Crippen LogP contribution in [0.5, 0.6) is 11.5 Å². The lowest BCUT2D eigenvalue weighted by Gasteiger charge is -2.16. The Morgan fingerprint density at radius 3 is 2.16 bits per heavy atom. The van der Waals surface area contributed by atoms with Crippen molar-refractivity contribution in [2.45, 2.75) is 25.6 Å². The molecule has 8 nitrogen and oxygen atoms in total. The third-order valence-corrected chi connectivity index (χ3v) is 7.07. The van der Waals surface area contributed by atoms with E-state index in [1.54, 1.807) is 54.7 Å². The van der Waals surface area contributed by atoms with Gasteiger partial charge >= 0.3 is 6.18 Å². The molecule has 1 fully saturated rings. The highest BCUT2D eigenvalue weighted by Gasteiger charge is 2.56. The summed E-state index contributed by atoms with van der Waals surface area (Å²) >= 11 is 0. The number of anilines is 2. The molecular weight excluding hydrogens is 566 g/mol. The molecule has 1 aliphatic carbocycles. The summed E-state index contributed by atoms with van der Waals surface area (Å²) < 4.78 is 58.1.